The number of aryl methyl sites for hydroxylation is 1. The van der Waals surface area contributed by atoms with Gasteiger partial charge < -0.3 is 9.47 Å². The molecule has 0 aromatic heterocycles. The fourth-order valence-electron chi connectivity index (χ4n) is 2.51. The highest BCUT2D eigenvalue weighted by molar-refractivity contribution is 7.92. The number of carbonyl (C=O) groups is 2. The van der Waals surface area contributed by atoms with E-state index in [-0.39, 0.29) is 29.2 Å². The average Bonchev–Trinajstić information content (AvgIpc) is 3.01. The molecule has 1 N–H and O–H groups in total. The molecule has 0 saturated carbocycles. The Balaban J connectivity index is 1.87. The van der Waals surface area contributed by atoms with Crippen LogP contribution in [0.25, 0.3) is 0 Å². The van der Waals surface area contributed by atoms with Crippen molar-refractivity contribution in [3.63, 3.8) is 0 Å². The van der Waals surface area contributed by atoms with E-state index in [0.29, 0.717) is 5.56 Å². The summed E-state index contributed by atoms with van der Waals surface area (Å²) in [6.07, 6.45) is -0.759. The summed E-state index contributed by atoms with van der Waals surface area (Å²) in [7, 11) is -4.14. The van der Waals surface area contributed by atoms with Gasteiger partial charge in [0, 0.05) is 6.42 Å². The summed E-state index contributed by atoms with van der Waals surface area (Å²) in [4.78, 5) is 23.6. The van der Waals surface area contributed by atoms with E-state index < -0.39 is 33.9 Å². The highest BCUT2D eigenvalue weighted by atomic mass is 32.2. The van der Waals surface area contributed by atoms with Gasteiger partial charge in [0.25, 0.3) is 10.0 Å². The number of halogens is 1. The van der Waals surface area contributed by atoms with Crippen molar-refractivity contribution in [1.29, 1.82) is 0 Å². The average molecular weight is 393 g/mol. The van der Waals surface area contributed by atoms with Crippen LogP contribution in [-0.4, -0.2) is 33.1 Å². The number of cyclic esters (lactones) is 1. The van der Waals surface area contributed by atoms with E-state index in [9.17, 15) is 22.4 Å². The van der Waals surface area contributed by atoms with Crippen molar-refractivity contribution in [2.45, 2.75) is 24.3 Å². The van der Waals surface area contributed by atoms with Gasteiger partial charge in [-0.2, -0.15) is 0 Å². The molecule has 1 heterocycles. The third kappa shape index (κ3) is 4.08. The molecule has 2 aromatic carbocycles. The number of ether oxygens (including phenoxy) is 2. The Bertz CT molecular complexity index is 1000. The normalized spacial score (nSPS) is 16.7. The molecule has 3 rings (SSSR count). The maximum absolute atomic E-state index is 13.7. The van der Waals surface area contributed by atoms with Gasteiger partial charge in [-0.3, -0.25) is 4.72 Å². The van der Waals surface area contributed by atoms with Crippen LogP contribution in [0, 0.1) is 12.7 Å². The summed E-state index contributed by atoms with van der Waals surface area (Å²) in [6, 6.07) is 9.17. The van der Waals surface area contributed by atoms with Crippen LogP contribution >= 0.6 is 0 Å². The monoisotopic (exact) mass is 393 g/mol. The molecule has 0 spiro atoms. The van der Waals surface area contributed by atoms with Gasteiger partial charge >= 0.3 is 11.9 Å². The number of nitrogens with one attached hydrogen (secondary N) is 1. The quantitative estimate of drug-likeness (QED) is 0.784. The molecule has 0 aliphatic carbocycles. The molecule has 1 fully saturated rings. The Morgan fingerprint density at radius 2 is 2.00 bits per heavy atom. The van der Waals surface area contributed by atoms with E-state index in [1.165, 1.54) is 30.3 Å². The molecule has 0 radical (unpaired) electrons. The first kappa shape index (κ1) is 18.8. The van der Waals surface area contributed by atoms with Crippen molar-refractivity contribution in [2.75, 3.05) is 11.3 Å². The number of para-hydroxylation sites is 1. The molecule has 1 aliphatic rings. The highest BCUT2D eigenvalue weighted by Gasteiger charge is 2.31. The summed E-state index contributed by atoms with van der Waals surface area (Å²) in [5, 5.41) is 0. The van der Waals surface area contributed by atoms with Crippen LogP contribution in [0.15, 0.2) is 47.4 Å². The van der Waals surface area contributed by atoms with Gasteiger partial charge in [0.2, 0.25) is 6.10 Å². The molecule has 1 saturated heterocycles. The Morgan fingerprint density at radius 1 is 1.26 bits per heavy atom. The first-order valence-electron chi connectivity index (χ1n) is 8.03. The second-order valence-corrected chi connectivity index (χ2v) is 7.59. The number of hydrogen-bond acceptors (Lipinski definition) is 6. The standard InChI is InChI=1S/C18H16FNO6S/c1-11-6-7-12(27(23,24)20-15-5-3-2-4-14(15)19)10-13(11)17(21)26-16-8-9-25-18(16)22/h2-7,10,16,20H,8-9H2,1H3/t16-/m1/s1. The number of sulfonamides is 1. The minimum absolute atomic E-state index is 0.00823. The first-order valence-corrected chi connectivity index (χ1v) is 9.52. The van der Waals surface area contributed by atoms with Crippen LogP contribution in [-0.2, 0) is 24.3 Å². The van der Waals surface area contributed by atoms with Gasteiger partial charge in [0.15, 0.2) is 0 Å². The second-order valence-electron chi connectivity index (χ2n) is 5.91. The Kier molecular flexibility index (Phi) is 5.13. The van der Waals surface area contributed by atoms with Crippen LogP contribution in [0.2, 0.25) is 0 Å². The van der Waals surface area contributed by atoms with Crippen molar-refractivity contribution in [1.82, 2.24) is 0 Å². The number of hydrogen-bond donors (Lipinski definition) is 1. The molecule has 0 amide bonds. The van der Waals surface area contributed by atoms with Gasteiger partial charge in [0.05, 0.1) is 22.8 Å². The van der Waals surface area contributed by atoms with Crippen molar-refractivity contribution < 1.29 is 31.9 Å². The van der Waals surface area contributed by atoms with Gasteiger partial charge in [-0.05, 0) is 36.8 Å². The van der Waals surface area contributed by atoms with Crippen LogP contribution in [0.5, 0.6) is 0 Å². The Morgan fingerprint density at radius 3 is 2.67 bits per heavy atom. The molecule has 7 nitrogen and oxygen atoms in total. The molecule has 9 heteroatoms. The smallest absolute Gasteiger partial charge is 0.347 e. The van der Waals surface area contributed by atoms with Gasteiger partial charge in [-0.1, -0.05) is 18.2 Å². The first-order chi connectivity index (χ1) is 12.8. The molecular formula is C18H16FNO6S. The fourth-order valence-corrected chi connectivity index (χ4v) is 3.61. The second kappa shape index (κ2) is 7.36. The lowest BCUT2D eigenvalue weighted by atomic mass is 10.1. The number of benzene rings is 2. The molecular weight excluding hydrogens is 377 g/mol. The molecule has 2 aromatic rings. The molecule has 0 bridgehead atoms. The number of rotatable bonds is 5. The van der Waals surface area contributed by atoms with E-state index in [0.717, 1.165) is 12.1 Å². The van der Waals surface area contributed by atoms with Crippen molar-refractivity contribution >= 4 is 27.6 Å². The van der Waals surface area contributed by atoms with Gasteiger partial charge in [0.1, 0.15) is 5.82 Å². The van der Waals surface area contributed by atoms with Crippen LogP contribution in [0.1, 0.15) is 22.3 Å². The third-order valence-corrected chi connectivity index (χ3v) is 5.36. The van der Waals surface area contributed by atoms with E-state index >= 15 is 0 Å². The van der Waals surface area contributed by atoms with E-state index in [4.69, 9.17) is 9.47 Å². The molecule has 0 unspecified atom stereocenters. The summed E-state index contributed by atoms with van der Waals surface area (Å²) in [5.74, 6) is -2.20. The van der Waals surface area contributed by atoms with Crippen molar-refractivity contribution in [3.05, 3.63) is 59.4 Å². The summed E-state index contributed by atoms with van der Waals surface area (Å²) in [6.45, 7) is 1.76. The van der Waals surface area contributed by atoms with Crippen molar-refractivity contribution in [3.8, 4) is 0 Å². The minimum Gasteiger partial charge on any atom is -0.463 e. The number of carbonyl (C=O) groups excluding carboxylic acids is 2. The highest BCUT2D eigenvalue weighted by Crippen LogP contribution is 2.22. The molecule has 27 heavy (non-hydrogen) atoms. The lowest BCUT2D eigenvalue weighted by molar-refractivity contribution is -0.145. The topological polar surface area (TPSA) is 98.8 Å². The predicted molar refractivity (Wildman–Crippen MR) is 93.2 cm³/mol. The third-order valence-electron chi connectivity index (χ3n) is 3.99. The van der Waals surface area contributed by atoms with Gasteiger partial charge in [-0.15, -0.1) is 0 Å². The summed E-state index contributed by atoms with van der Waals surface area (Å²) in [5.41, 5.74) is 0.248. The maximum Gasteiger partial charge on any atom is 0.347 e. The molecule has 1 aliphatic heterocycles. The Labute approximate surface area is 155 Å². The lowest BCUT2D eigenvalue weighted by Gasteiger charge is -2.13. The summed E-state index contributed by atoms with van der Waals surface area (Å²) < 4.78 is 50.8. The minimum atomic E-state index is -4.14. The SMILES string of the molecule is Cc1ccc(S(=O)(=O)Nc2ccccc2F)cc1C(=O)O[C@@H]1CCOC1=O. The maximum atomic E-state index is 13.7. The largest absolute Gasteiger partial charge is 0.463 e. The molecule has 142 valence electrons. The zero-order valence-electron chi connectivity index (χ0n) is 14.3. The number of anilines is 1. The molecule has 1 atom stereocenters. The lowest BCUT2D eigenvalue weighted by Crippen LogP contribution is -2.23. The van der Waals surface area contributed by atoms with Crippen LogP contribution in [0.3, 0.4) is 0 Å². The van der Waals surface area contributed by atoms with E-state index in [1.54, 1.807) is 6.92 Å². The van der Waals surface area contributed by atoms with E-state index in [2.05, 4.69) is 4.72 Å². The van der Waals surface area contributed by atoms with Crippen molar-refractivity contribution in [2.24, 2.45) is 0 Å². The zero-order valence-corrected chi connectivity index (χ0v) is 15.1. The van der Waals surface area contributed by atoms with Gasteiger partial charge in [-0.25, -0.2) is 22.4 Å². The predicted octanol–water partition coefficient (Wildman–Crippen LogP) is 2.41. The fraction of sp³-hybridized carbons (Fsp3) is 0.222. The zero-order chi connectivity index (χ0) is 19.6. The number of esters is 2. The van der Waals surface area contributed by atoms with E-state index in [1.807, 2.05) is 0 Å². The summed E-state index contributed by atoms with van der Waals surface area (Å²) >= 11 is 0. The van der Waals surface area contributed by atoms with Crippen LogP contribution in [0.4, 0.5) is 10.1 Å². The Hall–Kier alpha value is -2.94. The van der Waals surface area contributed by atoms with Crippen LogP contribution < -0.4 is 4.72 Å².